The molecule has 6 heteroatoms. The van der Waals surface area contributed by atoms with Crippen LogP contribution in [-0.4, -0.2) is 37.2 Å². The van der Waals surface area contributed by atoms with Crippen LogP contribution in [0.4, 0.5) is 0 Å². The molecule has 49 heavy (non-hydrogen) atoms. The van der Waals surface area contributed by atoms with Gasteiger partial charge in [0.05, 0.1) is 0 Å². The summed E-state index contributed by atoms with van der Waals surface area (Å²) in [5, 5.41) is 0. The standard InChI is InChI=1S/C43H78O6/c1-4-7-10-13-15-17-19-20-21-22-23-24-26-27-30-33-36-42(45)48-39-40(38-47-41(44)35-32-29-12-9-6-3)49-43(46)37-34-31-28-25-18-16-14-11-8-5-2/h17,19,21-22,40H,4-16,18,20,23-39H2,1-3H3/b19-17-,22-21-. The van der Waals surface area contributed by atoms with Crippen molar-refractivity contribution >= 4 is 17.9 Å². The number of hydrogen-bond donors (Lipinski definition) is 0. The first-order valence-corrected chi connectivity index (χ1v) is 20.8. The second-order valence-electron chi connectivity index (χ2n) is 13.9. The summed E-state index contributed by atoms with van der Waals surface area (Å²) < 4.78 is 16.5. The van der Waals surface area contributed by atoms with E-state index < -0.39 is 6.10 Å². The van der Waals surface area contributed by atoms with Gasteiger partial charge < -0.3 is 14.2 Å². The molecule has 0 aromatic carbocycles. The Morgan fingerprint density at radius 3 is 1.14 bits per heavy atom. The first-order valence-electron chi connectivity index (χ1n) is 20.8. The molecule has 0 fully saturated rings. The van der Waals surface area contributed by atoms with Gasteiger partial charge in [0.1, 0.15) is 13.2 Å². The van der Waals surface area contributed by atoms with Crippen LogP contribution < -0.4 is 0 Å². The highest BCUT2D eigenvalue weighted by Crippen LogP contribution is 2.13. The molecule has 0 aromatic rings. The number of ether oxygens (including phenoxy) is 3. The minimum atomic E-state index is -0.766. The van der Waals surface area contributed by atoms with Gasteiger partial charge in [-0.3, -0.25) is 14.4 Å². The SMILES string of the molecule is CCCCCC/C=C\C/C=C\CCCCCCCC(=O)OCC(COC(=O)CCCCCCC)OC(=O)CCCCCCCCCCCC. The second kappa shape index (κ2) is 38.7. The van der Waals surface area contributed by atoms with Crippen LogP contribution in [0.2, 0.25) is 0 Å². The van der Waals surface area contributed by atoms with Crippen molar-refractivity contribution < 1.29 is 28.6 Å². The van der Waals surface area contributed by atoms with Crippen molar-refractivity contribution in [2.24, 2.45) is 0 Å². The van der Waals surface area contributed by atoms with Crippen molar-refractivity contribution in [2.75, 3.05) is 13.2 Å². The molecule has 0 radical (unpaired) electrons. The van der Waals surface area contributed by atoms with E-state index in [0.29, 0.717) is 19.3 Å². The van der Waals surface area contributed by atoms with E-state index in [0.717, 1.165) is 83.5 Å². The lowest BCUT2D eigenvalue weighted by molar-refractivity contribution is -0.167. The molecule has 0 heterocycles. The summed E-state index contributed by atoms with van der Waals surface area (Å²) in [5.74, 6) is -0.904. The number of unbranched alkanes of at least 4 members (excludes halogenated alkanes) is 22. The Kier molecular flexibility index (Phi) is 37.0. The van der Waals surface area contributed by atoms with E-state index in [1.165, 1.54) is 89.9 Å². The third-order valence-electron chi connectivity index (χ3n) is 8.96. The molecular weight excluding hydrogens is 612 g/mol. The van der Waals surface area contributed by atoms with Gasteiger partial charge in [-0.1, -0.05) is 167 Å². The fraction of sp³-hybridized carbons (Fsp3) is 0.837. The molecule has 0 saturated carbocycles. The minimum absolute atomic E-state index is 0.0748. The lowest BCUT2D eigenvalue weighted by atomic mass is 10.1. The molecule has 0 N–H and O–H groups in total. The molecule has 6 nitrogen and oxygen atoms in total. The molecule has 0 aromatic heterocycles. The molecule has 0 rings (SSSR count). The molecule has 1 unspecified atom stereocenters. The van der Waals surface area contributed by atoms with Crippen LogP contribution >= 0.6 is 0 Å². The van der Waals surface area contributed by atoms with Gasteiger partial charge in [-0.2, -0.15) is 0 Å². The fourth-order valence-corrected chi connectivity index (χ4v) is 5.76. The van der Waals surface area contributed by atoms with Gasteiger partial charge in [0.2, 0.25) is 0 Å². The molecule has 0 aliphatic rings. The Bertz CT molecular complexity index is 804. The van der Waals surface area contributed by atoms with Crippen LogP contribution in [0.15, 0.2) is 24.3 Å². The zero-order valence-corrected chi connectivity index (χ0v) is 32.5. The van der Waals surface area contributed by atoms with E-state index in [2.05, 4.69) is 45.1 Å². The summed E-state index contributed by atoms with van der Waals surface area (Å²) in [5.41, 5.74) is 0. The number of rotatable bonds is 37. The highest BCUT2D eigenvalue weighted by atomic mass is 16.6. The average Bonchev–Trinajstić information content (AvgIpc) is 3.09. The maximum absolute atomic E-state index is 12.6. The normalized spacial score (nSPS) is 12.1. The molecule has 0 aliphatic heterocycles. The molecular formula is C43H78O6. The zero-order chi connectivity index (χ0) is 35.9. The Balaban J connectivity index is 4.24. The van der Waals surface area contributed by atoms with Crippen molar-refractivity contribution in [3.8, 4) is 0 Å². The predicted octanol–water partition coefficient (Wildman–Crippen LogP) is 12.9. The number of esters is 3. The third-order valence-corrected chi connectivity index (χ3v) is 8.96. The van der Waals surface area contributed by atoms with E-state index in [9.17, 15) is 14.4 Å². The Morgan fingerprint density at radius 2 is 0.735 bits per heavy atom. The Morgan fingerprint density at radius 1 is 0.408 bits per heavy atom. The Hall–Kier alpha value is -2.11. The van der Waals surface area contributed by atoms with Crippen molar-refractivity contribution in [2.45, 2.75) is 219 Å². The average molecular weight is 691 g/mol. The second-order valence-corrected chi connectivity index (χ2v) is 13.9. The summed E-state index contributed by atoms with van der Waals surface area (Å²) in [6, 6.07) is 0. The fourth-order valence-electron chi connectivity index (χ4n) is 5.76. The van der Waals surface area contributed by atoms with Gasteiger partial charge in [0.25, 0.3) is 0 Å². The smallest absolute Gasteiger partial charge is 0.306 e. The number of hydrogen-bond acceptors (Lipinski definition) is 6. The van der Waals surface area contributed by atoms with Crippen LogP contribution in [0.25, 0.3) is 0 Å². The molecule has 0 amide bonds. The lowest BCUT2D eigenvalue weighted by Gasteiger charge is -2.18. The van der Waals surface area contributed by atoms with Gasteiger partial charge in [-0.15, -0.1) is 0 Å². The monoisotopic (exact) mass is 691 g/mol. The molecule has 286 valence electrons. The maximum atomic E-state index is 12.6. The summed E-state index contributed by atoms with van der Waals surface area (Å²) >= 11 is 0. The summed E-state index contributed by atoms with van der Waals surface area (Å²) in [6.45, 7) is 6.50. The van der Waals surface area contributed by atoms with E-state index in [1.807, 2.05) is 0 Å². The summed E-state index contributed by atoms with van der Waals surface area (Å²) in [6.07, 6.45) is 40.4. The number of carbonyl (C=O) groups excluding carboxylic acids is 3. The highest BCUT2D eigenvalue weighted by molar-refractivity contribution is 5.71. The van der Waals surface area contributed by atoms with Crippen LogP contribution in [0.5, 0.6) is 0 Å². The minimum Gasteiger partial charge on any atom is -0.462 e. The van der Waals surface area contributed by atoms with Crippen LogP contribution in [0, 0.1) is 0 Å². The van der Waals surface area contributed by atoms with Crippen molar-refractivity contribution in [1.29, 1.82) is 0 Å². The summed E-state index contributed by atoms with van der Waals surface area (Å²) in [7, 11) is 0. The van der Waals surface area contributed by atoms with Gasteiger partial charge in [0.15, 0.2) is 6.10 Å². The van der Waals surface area contributed by atoms with Crippen molar-refractivity contribution in [1.82, 2.24) is 0 Å². The molecule has 0 bridgehead atoms. The number of carbonyl (C=O) groups is 3. The highest BCUT2D eigenvalue weighted by Gasteiger charge is 2.19. The molecule has 0 spiro atoms. The first kappa shape index (κ1) is 46.9. The topological polar surface area (TPSA) is 78.9 Å². The molecule has 0 aliphatic carbocycles. The summed E-state index contributed by atoms with van der Waals surface area (Å²) in [4.78, 5) is 37.3. The van der Waals surface area contributed by atoms with Gasteiger partial charge in [-0.05, 0) is 51.4 Å². The lowest BCUT2D eigenvalue weighted by Crippen LogP contribution is -2.30. The van der Waals surface area contributed by atoms with Gasteiger partial charge in [0, 0.05) is 19.3 Å². The predicted molar refractivity (Wildman–Crippen MR) is 206 cm³/mol. The zero-order valence-electron chi connectivity index (χ0n) is 32.5. The first-order chi connectivity index (χ1) is 24.0. The Labute approximate surface area is 303 Å². The quantitative estimate of drug-likeness (QED) is 0.0279. The maximum Gasteiger partial charge on any atom is 0.306 e. The van der Waals surface area contributed by atoms with Gasteiger partial charge in [-0.25, -0.2) is 0 Å². The third kappa shape index (κ3) is 37.0. The van der Waals surface area contributed by atoms with Crippen LogP contribution in [0.1, 0.15) is 213 Å². The van der Waals surface area contributed by atoms with E-state index in [1.54, 1.807) is 0 Å². The van der Waals surface area contributed by atoms with Crippen molar-refractivity contribution in [3.05, 3.63) is 24.3 Å². The van der Waals surface area contributed by atoms with Crippen molar-refractivity contribution in [3.63, 3.8) is 0 Å². The molecule has 0 saturated heterocycles. The van der Waals surface area contributed by atoms with E-state index in [-0.39, 0.29) is 31.1 Å². The van der Waals surface area contributed by atoms with Crippen LogP contribution in [-0.2, 0) is 28.6 Å². The van der Waals surface area contributed by atoms with E-state index >= 15 is 0 Å². The number of allylic oxidation sites excluding steroid dienone is 4. The van der Waals surface area contributed by atoms with E-state index in [4.69, 9.17) is 14.2 Å². The van der Waals surface area contributed by atoms with Crippen LogP contribution in [0.3, 0.4) is 0 Å². The van der Waals surface area contributed by atoms with Gasteiger partial charge >= 0.3 is 17.9 Å². The molecule has 1 atom stereocenters. The largest absolute Gasteiger partial charge is 0.462 e.